The Morgan fingerprint density at radius 1 is 0.931 bits per heavy atom. The molecule has 7 nitrogen and oxygen atoms in total. The van der Waals surface area contributed by atoms with Crippen molar-refractivity contribution in [3.05, 3.63) is 72.6 Å². The monoisotopic (exact) mass is 405 g/mol. The summed E-state index contributed by atoms with van der Waals surface area (Å²) in [4.78, 5) is 13.7. The summed E-state index contributed by atoms with van der Waals surface area (Å²) in [6.45, 7) is 0.323. The lowest BCUT2D eigenvalue weighted by Gasteiger charge is -2.12. The summed E-state index contributed by atoms with van der Waals surface area (Å²) in [5, 5.41) is 3.93. The maximum Gasteiger partial charge on any atom is 0.262 e. The number of hydrogen-bond acceptors (Lipinski definition) is 6. The molecule has 1 aliphatic rings. The van der Waals surface area contributed by atoms with Crippen molar-refractivity contribution in [2.24, 2.45) is 0 Å². The fourth-order valence-electron chi connectivity index (χ4n) is 3.31. The maximum absolute atomic E-state index is 12.9. The Hall–Kier alpha value is -3.52. The fourth-order valence-corrected chi connectivity index (χ4v) is 4.62. The average molecular weight is 405 g/mol. The quantitative estimate of drug-likeness (QED) is 0.496. The van der Waals surface area contributed by atoms with Crippen molar-refractivity contribution in [3.8, 4) is 11.4 Å². The largest absolute Gasteiger partial charge is 0.365 e. The molecule has 29 heavy (non-hydrogen) atoms. The van der Waals surface area contributed by atoms with E-state index in [-0.39, 0.29) is 12.3 Å². The minimum atomic E-state index is -3.73. The van der Waals surface area contributed by atoms with Gasteiger partial charge < -0.3 is 5.32 Å². The summed E-state index contributed by atoms with van der Waals surface area (Å²) in [5.74, 6) is 1.09. The molecule has 2 aromatic carbocycles. The van der Waals surface area contributed by atoms with Gasteiger partial charge in [0.2, 0.25) is 0 Å². The predicted octanol–water partition coefficient (Wildman–Crippen LogP) is 4.05. The predicted molar refractivity (Wildman–Crippen MR) is 114 cm³/mol. The second kappa shape index (κ2) is 7.14. The highest BCUT2D eigenvalue weighted by Crippen LogP contribution is 2.34. The van der Waals surface area contributed by atoms with Gasteiger partial charge in [-0.2, -0.15) is 0 Å². The number of benzene rings is 2. The third-order valence-electron chi connectivity index (χ3n) is 4.60. The van der Waals surface area contributed by atoms with Crippen LogP contribution in [0.25, 0.3) is 22.3 Å². The van der Waals surface area contributed by atoms with Crippen molar-refractivity contribution in [2.75, 3.05) is 10.0 Å². The summed E-state index contributed by atoms with van der Waals surface area (Å²) in [6, 6.07) is 16.0. The number of sulfonamides is 1. The molecule has 146 valence electrons. The number of nitrogens with one attached hydrogen (secondary N) is 2. The number of aromatic nitrogens is 3. The molecule has 0 fully saturated rings. The molecule has 1 aliphatic heterocycles. The van der Waals surface area contributed by atoms with E-state index in [1.807, 2.05) is 24.3 Å². The Labute approximate surface area is 168 Å². The number of fused-ring (bicyclic) bond motifs is 1. The number of rotatable bonds is 1. The third kappa shape index (κ3) is 3.27. The second-order valence-corrected chi connectivity index (χ2v) is 8.05. The standard InChI is InChI=1S/C20H15N5O2S.CH4/c26-28(27)17-9-2-1-5-13(17)12-22-20-18-15(7-3-8-16(18)25-28)23-19(24-20)14-6-4-10-21-11-14;/h1-11,25H,12H2,(H,22,23,24);1H4. The van der Waals surface area contributed by atoms with Gasteiger partial charge >= 0.3 is 0 Å². The van der Waals surface area contributed by atoms with E-state index in [1.165, 1.54) is 0 Å². The lowest BCUT2D eigenvalue weighted by atomic mass is 10.1. The SMILES string of the molecule is C.O=S1(=O)Nc2cccc3nc(-c4cccnc4)nc(c23)NCc2ccccc21. The van der Waals surface area contributed by atoms with Gasteiger partial charge in [-0.1, -0.05) is 31.7 Å². The van der Waals surface area contributed by atoms with Gasteiger partial charge in [-0.05, 0) is 35.9 Å². The molecule has 0 spiro atoms. The van der Waals surface area contributed by atoms with E-state index in [9.17, 15) is 8.42 Å². The van der Waals surface area contributed by atoms with E-state index >= 15 is 0 Å². The van der Waals surface area contributed by atoms with Gasteiger partial charge in [0.1, 0.15) is 5.82 Å². The van der Waals surface area contributed by atoms with E-state index in [0.29, 0.717) is 40.3 Å². The lowest BCUT2D eigenvalue weighted by Crippen LogP contribution is -2.15. The second-order valence-electron chi connectivity index (χ2n) is 6.40. The molecule has 0 aliphatic carbocycles. The Morgan fingerprint density at radius 3 is 2.62 bits per heavy atom. The van der Waals surface area contributed by atoms with Crippen molar-refractivity contribution < 1.29 is 8.42 Å². The Kier molecular flexibility index (Phi) is 4.63. The molecule has 5 rings (SSSR count). The molecule has 0 bridgehead atoms. The summed E-state index contributed by atoms with van der Waals surface area (Å²) in [6.07, 6.45) is 3.39. The first-order chi connectivity index (χ1) is 13.6. The molecule has 3 heterocycles. The fraction of sp³-hybridized carbons (Fsp3) is 0.0952. The first-order valence-electron chi connectivity index (χ1n) is 8.67. The van der Waals surface area contributed by atoms with Crippen LogP contribution in [0.2, 0.25) is 0 Å². The van der Waals surface area contributed by atoms with Gasteiger partial charge in [-0.25, -0.2) is 18.4 Å². The number of nitrogens with zero attached hydrogens (tertiary/aromatic N) is 3. The first-order valence-corrected chi connectivity index (χ1v) is 10.2. The molecule has 0 atom stereocenters. The molecule has 2 aromatic heterocycles. The van der Waals surface area contributed by atoms with Crippen molar-refractivity contribution in [1.82, 2.24) is 15.0 Å². The third-order valence-corrected chi connectivity index (χ3v) is 6.06. The van der Waals surface area contributed by atoms with Crippen molar-refractivity contribution in [2.45, 2.75) is 18.9 Å². The van der Waals surface area contributed by atoms with E-state index in [0.717, 1.165) is 5.56 Å². The van der Waals surface area contributed by atoms with Crippen molar-refractivity contribution >= 4 is 32.4 Å². The topological polar surface area (TPSA) is 96.9 Å². The Bertz CT molecular complexity index is 1310. The summed E-state index contributed by atoms with van der Waals surface area (Å²) in [7, 11) is -3.73. The van der Waals surface area contributed by atoms with Crippen LogP contribution in [0.1, 0.15) is 13.0 Å². The molecule has 0 saturated carbocycles. The molecular weight excluding hydrogens is 386 g/mol. The lowest BCUT2D eigenvalue weighted by molar-refractivity contribution is 0.600. The molecule has 0 radical (unpaired) electrons. The van der Waals surface area contributed by atoms with Gasteiger partial charge in [-0.3, -0.25) is 9.71 Å². The minimum Gasteiger partial charge on any atom is -0.365 e. The van der Waals surface area contributed by atoms with Crippen molar-refractivity contribution in [1.29, 1.82) is 0 Å². The van der Waals surface area contributed by atoms with Gasteiger partial charge in [0.15, 0.2) is 5.82 Å². The number of pyridine rings is 1. The van der Waals surface area contributed by atoms with Crippen LogP contribution in [-0.4, -0.2) is 23.4 Å². The molecule has 0 unspecified atom stereocenters. The van der Waals surface area contributed by atoms with Gasteiger partial charge in [0.25, 0.3) is 10.0 Å². The average Bonchev–Trinajstić information content (AvgIpc) is 2.76. The zero-order valence-electron chi connectivity index (χ0n) is 14.6. The Balaban J connectivity index is 0.00000205. The van der Waals surface area contributed by atoms with Crippen LogP contribution in [0.5, 0.6) is 0 Å². The maximum atomic E-state index is 12.9. The van der Waals surface area contributed by atoms with Crippen LogP contribution >= 0.6 is 0 Å². The molecule has 8 heteroatoms. The first kappa shape index (κ1) is 18.8. The van der Waals surface area contributed by atoms with E-state index in [2.05, 4.69) is 25.0 Å². The summed E-state index contributed by atoms with van der Waals surface area (Å²) in [5.41, 5.74) is 2.53. The number of hydrogen-bond donors (Lipinski definition) is 2. The Morgan fingerprint density at radius 2 is 1.79 bits per heavy atom. The molecule has 2 N–H and O–H groups in total. The normalized spacial score (nSPS) is 14.2. The van der Waals surface area contributed by atoms with Gasteiger partial charge in [0, 0.05) is 24.5 Å². The zero-order chi connectivity index (χ0) is 19.1. The minimum absolute atomic E-state index is 0. The van der Waals surface area contributed by atoms with Crippen LogP contribution in [0, 0.1) is 0 Å². The molecule has 4 aromatic rings. The van der Waals surface area contributed by atoms with Crippen LogP contribution in [0.4, 0.5) is 11.5 Å². The van der Waals surface area contributed by atoms with Gasteiger partial charge in [0.05, 0.1) is 21.5 Å². The summed E-state index contributed by atoms with van der Waals surface area (Å²) < 4.78 is 28.6. The molecule has 0 saturated heterocycles. The van der Waals surface area contributed by atoms with Crippen LogP contribution in [0.3, 0.4) is 0 Å². The van der Waals surface area contributed by atoms with Crippen LogP contribution < -0.4 is 10.0 Å². The highest BCUT2D eigenvalue weighted by Gasteiger charge is 2.23. The van der Waals surface area contributed by atoms with E-state index in [1.54, 1.807) is 42.7 Å². The molecular formula is C21H19N5O2S. The van der Waals surface area contributed by atoms with Crippen LogP contribution in [-0.2, 0) is 16.6 Å². The smallest absolute Gasteiger partial charge is 0.262 e. The van der Waals surface area contributed by atoms with E-state index < -0.39 is 10.0 Å². The van der Waals surface area contributed by atoms with Crippen molar-refractivity contribution in [3.63, 3.8) is 0 Å². The number of anilines is 2. The molecule has 0 amide bonds. The van der Waals surface area contributed by atoms with Crippen LogP contribution in [0.15, 0.2) is 71.9 Å². The highest BCUT2D eigenvalue weighted by molar-refractivity contribution is 7.92. The van der Waals surface area contributed by atoms with Gasteiger partial charge in [-0.15, -0.1) is 0 Å². The highest BCUT2D eigenvalue weighted by atomic mass is 32.2. The zero-order valence-corrected chi connectivity index (χ0v) is 15.4. The van der Waals surface area contributed by atoms with E-state index in [4.69, 9.17) is 0 Å². The summed E-state index contributed by atoms with van der Waals surface area (Å²) >= 11 is 0.